The number of nitrogens with zero attached hydrogens (tertiary/aromatic N) is 3. The van der Waals surface area contributed by atoms with Gasteiger partial charge in [-0.2, -0.15) is 9.29 Å². The Morgan fingerprint density at radius 3 is 2.37 bits per heavy atom. The summed E-state index contributed by atoms with van der Waals surface area (Å²) in [5.41, 5.74) is 1.80. The molecule has 0 N–H and O–H groups in total. The maximum atomic E-state index is 12.9. The fourth-order valence-corrected chi connectivity index (χ4v) is 4.94. The van der Waals surface area contributed by atoms with Crippen molar-refractivity contribution in [3.05, 3.63) is 60.0 Å². The third kappa shape index (κ3) is 3.73. The molecule has 7 nitrogen and oxygen atoms in total. The molecule has 1 aliphatic heterocycles. The van der Waals surface area contributed by atoms with Crippen molar-refractivity contribution in [2.75, 3.05) is 20.2 Å². The molecule has 0 amide bonds. The zero-order valence-electron chi connectivity index (χ0n) is 17.5. The molecule has 2 aromatic carbocycles. The van der Waals surface area contributed by atoms with Gasteiger partial charge in [0.2, 0.25) is 21.7 Å². The van der Waals surface area contributed by atoms with Crippen LogP contribution in [0, 0.1) is 0 Å². The molecule has 0 aliphatic carbocycles. The van der Waals surface area contributed by atoms with Crippen molar-refractivity contribution in [1.29, 1.82) is 0 Å². The minimum absolute atomic E-state index is 0.0265. The molecule has 1 aliphatic rings. The summed E-state index contributed by atoms with van der Waals surface area (Å²) < 4.78 is 38.0. The summed E-state index contributed by atoms with van der Waals surface area (Å²) in [6, 6.07) is 14.5. The lowest BCUT2D eigenvalue weighted by molar-refractivity contribution is 0.217. The van der Waals surface area contributed by atoms with E-state index >= 15 is 0 Å². The van der Waals surface area contributed by atoms with Crippen LogP contribution in [0.25, 0.3) is 11.4 Å². The Hall–Kier alpha value is -2.71. The van der Waals surface area contributed by atoms with Gasteiger partial charge in [-0.1, -0.05) is 50.2 Å². The quantitative estimate of drug-likeness (QED) is 0.615. The van der Waals surface area contributed by atoms with Crippen LogP contribution in [0.1, 0.15) is 38.1 Å². The van der Waals surface area contributed by atoms with Gasteiger partial charge in [-0.05, 0) is 35.2 Å². The fraction of sp³-hybridized carbons (Fsp3) is 0.364. The van der Waals surface area contributed by atoms with Gasteiger partial charge in [0.1, 0.15) is 5.75 Å². The summed E-state index contributed by atoms with van der Waals surface area (Å²) in [6.07, 6.45) is 0. The average Bonchev–Trinajstić information content (AvgIpc) is 3.15. The van der Waals surface area contributed by atoms with Gasteiger partial charge < -0.3 is 9.26 Å². The highest BCUT2D eigenvalue weighted by molar-refractivity contribution is 7.89. The lowest BCUT2D eigenvalue weighted by Crippen LogP contribution is -2.48. The lowest BCUT2D eigenvalue weighted by Gasteiger charge is -2.35. The summed E-state index contributed by atoms with van der Waals surface area (Å²) in [5, 5.41) is 4.04. The van der Waals surface area contributed by atoms with Crippen LogP contribution in [0.4, 0.5) is 0 Å². The molecular weight excluding hydrogens is 402 g/mol. The molecule has 3 aromatic rings. The molecule has 0 atom stereocenters. The number of benzene rings is 2. The Kier molecular flexibility index (Phi) is 5.15. The van der Waals surface area contributed by atoms with Crippen molar-refractivity contribution < 1.29 is 17.7 Å². The molecule has 0 bridgehead atoms. The van der Waals surface area contributed by atoms with Crippen molar-refractivity contribution in [3.63, 3.8) is 0 Å². The molecule has 0 unspecified atom stereocenters. The molecule has 2 heterocycles. The summed E-state index contributed by atoms with van der Waals surface area (Å²) in [5.74, 6) is 1.40. The standard InChI is InChI=1S/C22H25N3O4S/c1-22(2,3)16-9-11-17(12-10-16)30(26,27)25-13-15(14-25)21-23-20(24-29-21)18-7-5-6-8-19(18)28-4/h5-12,15H,13-14H2,1-4H3. The second-order valence-electron chi connectivity index (χ2n) is 8.45. The van der Waals surface area contributed by atoms with E-state index in [1.807, 2.05) is 36.4 Å². The van der Waals surface area contributed by atoms with Gasteiger partial charge in [0.25, 0.3) is 0 Å². The van der Waals surface area contributed by atoms with Gasteiger partial charge in [-0.25, -0.2) is 8.42 Å². The van der Waals surface area contributed by atoms with Gasteiger partial charge >= 0.3 is 0 Å². The first-order valence-corrected chi connectivity index (χ1v) is 11.2. The zero-order valence-corrected chi connectivity index (χ0v) is 18.3. The van der Waals surface area contributed by atoms with Crippen LogP contribution in [0.3, 0.4) is 0 Å². The molecular formula is C22H25N3O4S. The minimum atomic E-state index is -3.54. The van der Waals surface area contributed by atoms with E-state index in [1.54, 1.807) is 19.2 Å². The topological polar surface area (TPSA) is 85.5 Å². The Morgan fingerprint density at radius 2 is 1.73 bits per heavy atom. The molecule has 8 heteroatoms. The molecule has 1 aromatic heterocycles. The summed E-state index contributed by atoms with van der Waals surface area (Å²) in [6.45, 7) is 6.93. The number of hydrogen-bond acceptors (Lipinski definition) is 6. The van der Waals surface area contributed by atoms with E-state index in [9.17, 15) is 8.42 Å². The number of aromatic nitrogens is 2. The maximum Gasteiger partial charge on any atom is 0.243 e. The van der Waals surface area contributed by atoms with Gasteiger partial charge in [-0.3, -0.25) is 0 Å². The normalized spacial score (nSPS) is 15.7. The minimum Gasteiger partial charge on any atom is -0.496 e. The summed E-state index contributed by atoms with van der Waals surface area (Å²) >= 11 is 0. The second kappa shape index (κ2) is 7.52. The lowest BCUT2D eigenvalue weighted by atomic mass is 9.87. The molecule has 0 radical (unpaired) electrons. The van der Waals surface area contributed by atoms with Crippen LogP contribution in [-0.2, 0) is 15.4 Å². The number of para-hydroxylation sites is 1. The summed E-state index contributed by atoms with van der Waals surface area (Å²) in [7, 11) is -1.95. The van der Waals surface area contributed by atoms with Gasteiger partial charge in [-0.15, -0.1) is 0 Å². The summed E-state index contributed by atoms with van der Waals surface area (Å²) in [4.78, 5) is 4.76. The maximum absolute atomic E-state index is 12.9. The number of methoxy groups -OCH3 is 1. The predicted octanol–water partition coefficient (Wildman–Crippen LogP) is 3.83. The molecule has 4 rings (SSSR count). The van der Waals surface area contributed by atoms with Crippen LogP contribution in [0.5, 0.6) is 5.75 Å². The predicted molar refractivity (Wildman–Crippen MR) is 113 cm³/mol. The zero-order chi connectivity index (χ0) is 21.5. The van der Waals surface area contributed by atoms with Crippen LogP contribution in [-0.4, -0.2) is 43.1 Å². The smallest absolute Gasteiger partial charge is 0.243 e. The van der Waals surface area contributed by atoms with Gasteiger partial charge in [0.05, 0.1) is 23.5 Å². The molecule has 158 valence electrons. The van der Waals surface area contributed by atoms with Crippen molar-refractivity contribution in [2.24, 2.45) is 0 Å². The molecule has 1 fully saturated rings. The van der Waals surface area contributed by atoms with Crippen molar-refractivity contribution in [1.82, 2.24) is 14.4 Å². The third-order valence-corrected chi connectivity index (χ3v) is 7.19. The fourth-order valence-electron chi connectivity index (χ4n) is 3.41. The van der Waals surface area contributed by atoms with Gasteiger partial charge in [0, 0.05) is 13.1 Å². The Morgan fingerprint density at radius 1 is 1.07 bits per heavy atom. The van der Waals surface area contributed by atoms with Crippen molar-refractivity contribution >= 4 is 10.0 Å². The SMILES string of the molecule is COc1ccccc1-c1noc(C2CN(S(=O)(=O)c3ccc(C(C)(C)C)cc3)C2)n1. The van der Waals surface area contributed by atoms with E-state index in [1.165, 1.54) is 4.31 Å². The largest absolute Gasteiger partial charge is 0.496 e. The first-order valence-electron chi connectivity index (χ1n) is 9.78. The first kappa shape index (κ1) is 20.6. The van der Waals surface area contributed by atoms with Crippen LogP contribution in [0.2, 0.25) is 0 Å². The highest BCUT2D eigenvalue weighted by atomic mass is 32.2. The van der Waals surface area contributed by atoms with Crippen molar-refractivity contribution in [3.8, 4) is 17.1 Å². The van der Waals surface area contributed by atoms with Crippen LogP contribution < -0.4 is 4.74 Å². The van der Waals surface area contributed by atoms with E-state index in [-0.39, 0.29) is 11.3 Å². The molecule has 0 saturated carbocycles. The molecule has 0 spiro atoms. The number of sulfonamides is 1. The Balaban J connectivity index is 1.47. The highest BCUT2D eigenvalue weighted by Crippen LogP contribution is 2.34. The Bertz CT molecular complexity index is 1140. The number of ether oxygens (including phenoxy) is 1. The number of hydrogen-bond donors (Lipinski definition) is 0. The van der Waals surface area contributed by atoms with E-state index < -0.39 is 10.0 Å². The van der Waals surface area contributed by atoms with Crippen LogP contribution in [0.15, 0.2) is 57.9 Å². The molecule has 30 heavy (non-hydrogen) atoms. The molecule has 1 saturated heterocycles. The second-order valence-corrected chi connectivity index (χ2v) is 10.4. The van der Waals surface area contributed by atoms with E-state index in [0.29, 0.717) is 35.4 Å². The first-order chi connectivity index (χ1) is 14.2. The van der Waals surface area contributed by atoms with E-state index in [0.717, 1.165) is 11.1 Å². The van der Waals surface area contributed by atoms with E-state index in [2.05, 4.69) is 30.9 Å². The number of rotatable bonds is 5. The van der Waals surface area contributed by atoms with Gasteiger partial charge in [0.15, 0.2) is 0 Å². The highest BCUT2D eigenvalue weighted by Gasteiger charge is 2.40. The van der Waals surface area contributed by atoms with E-state index in [4.69, 9.17) is 9.26 Å². The monoisotopic (exact) mass is 427 g/mol. The van der Waals surface area contributed by atoms with Crippen LogP contribution >= 0.6 is 0 Å². The average molecular weight is 428 g/mol. The Labute approximate surface area is 176 Å². The third-order valence-electron chi connectivity index (χ3n) is 5.35. The van der Waals surface area contributed by atoms with Crippen molar-refractivity contribution in [2.45, 2.75) is 37.0 Å².